The molecule has 1 aliphatic carbocycles. The number of likely N-dealkylation sites (tertiary alicyclic amines) is 1. The van der Waals surface area contributed by atoms with Gasteiger partial charge in [0.15, 0.2) is 5.78 Å². The largest absolute Gasteiger partial charge is 0.303 e. The minimum absolute atomic E-state index is 0.00124. The maximum atomic E-state index is 13.1. The predicted molar refractivity (Wildman–Crippen MR) is 116 cm³/mol. The average molecular weight is 427 g/mol. The lowest BCUT2D eigenvalue weighted by atomic mass is 9.86. The zero-order valence-electron chi connectivity index (χ0n) is 18.2. The fourth-order valence-electron chi connectivity index (χ4n) is 5.06. The van der Waals surface area contributed by atoms with E-state index in [-0.39, 0.29) is 29.3 Å². The molecule has 0 radical (unpaired) electrons. The molecule has 0 N–H and O–H groups in total. The van der Waals surface area contributed by atoms with Gasteiger partial charge in [0.1, 0.15) is 5.82 Å². The molecular formula is C25H31FN2O3. The van der Waals surface area contributed by atoms with Gasteiger partial charge in [-0.05, 0) is 94.8 Å². The second-order valence-corrected chi connectivity index (χ2v) is 9.26. The average Bonchev–Trinajstić information content (AvgIpc) is 3.01. The van der Waals surface area contributed by atoms with Gasteiger partial charge in [0, 0.05) is 29.2 Å². The second-order valence-electron chi connectivity index (χ2n) is 9.26. The maximum Gasteiger partial charge on any atom is 0.257 e. The van der Waals surface area contributed by atoms with E-state index >= 15 is 0 Å². The Balaban J connectivity index is 1.17. The molecule has 166 valence electrons. The van der Waals surface area contributed by atoms with E-state index in [2.05, 4.69) is 11.8 Å². The fraction of sp³-hybridized carbons (Fsp3) is 0.560. The first-order valence-electron chi connectivity index (χ1n) is 11.5. The van der Waals surface area contributed by atoms with E-state index in [9.17, 15) is 18.8 Å². The molecule has 2 heterocycles. The number of hydrogen-bond donors (Lipinski definition) is 0. The lowest BCUT2D eigenvalue weighted by Crippen LogP contribution is -2.37. The summed E-state index contributed by atoms with van der Waals surface area (Å²) in [7, 11) is 0. The lowest BCUT2D eigenvalue weighted by Gasteiger charge is -2.31. The third-order valence-corrected chi connectivity index (χ3v) is 7.00. The Labute approximate surface area is 183 Å². The highest BCUT2D eigenvalue weighted by molar-refractivity contribution is 6.19. The Kier molecular flexibility index (Phi) is 6.65. The molecule has 4 rings (SSSR count). The number of piperidine rings is 1. The molecule has 1 saturated heterocycles. The lowest BCUT2D eigenvalue weighted by molar-refractivity contribution is -0.137. The molecule has 31 heavy (non-hydrogen) atoms. The smallest absolute Gasteiger partial charge is 0.257 e. The minimum Gasteiger partial charge on any atom is -0.303 e. The van der Waals surface area contributed by atoms with E-state index in [1.165, 1.54) is 17.0 Å². The first-order chi connectivity index (χ1) is 14.9. The van der Waals surface area contributed by atoms with Crippen molar-refractivity contribution >= 4 is 17.6 Å². The minimum atomic E-state index is -0.325. The number of unbranched alkanes of at least 4 members (excludes halogenated alkanes) is 1. The number of nitrogens with zero attached hydrogens (tertiary/aromatic N) is 2. The van der Waals surface area contributed by atoms with Crippen molar-refractivity contribution < 1.29 is 18.8 Å². The second kappa shape index (κ2) is 9.43. The monoisotopic (exact) mass is 426 g/mol. The quantitative estimate of drug-likeness (QED) is 0.376. The van der Waals surface area contributed by atoms with Gasteiger partial charge in [-0.3, -0.25) is 19.3 Å². The zero-order valence-corrected chi connectivity index (χ0v) is 18.2. The number of carbonyl (C=O) groups is 3. The summed E-state index contributed by atoms with van der Waals surface area (Å²) >= 11 is 0. The van der Waals surface area contributed by atoms with Crippen molar-refractivity contribution in [1.29, 1.82) is 0 Å². The Morgan fingerprint density at radius 1 is 0.968 bits per heavy atom. The molecule has 6 heteroatoms. The van der Waals surface area contributed by atoms with Crippen LogP contribution in [0.1, 0.15) is 62.2 Å². The molecule has 0 spiro atoms. The number of carbonyl (C=O) groups excluding carboxylic acids is 3. The Hall–Kier alpha value is -2.34. The first-order valence-corrected chi connectivity index (χ1v) is 11.5. The highest BCUT2D eigenvalue weighted by Crippen LogP contribution is 2.35. The summed E-state index contributed by atoms with van der Waals surface area (Å²) in [6, 6.07) is 5.81. The van der Waals surface area contributed by atoms with E-state index in [0.717, 1.165) is 75.7 Å². The van der Waals surface area contributed by atoms with Crippen LogP contribution in [0.5, 0.6) is 0 Å². The first kappa shape index (κ1) is 21.9. The Bertz CT molecular complexity index is 885. The molecule has 1 aromatic carbocycles. The van der Waals surface area contributed by atoms with Gasteiger partial charge >= 0.3 is 0 Å². The molecule has 0 saturated carbocycles. The van der Waals surface area contributed by atoms with Gasteiger partial charge in [0.25, 0.3) is 11.8 Å². The maximum absolute atomic E-state index is 13.1. The van der Waals surface area contributed by atoms with Crippen LogP contribution >= 0.6 is 0 Å². The molecule has 5 nitrogen and oxygen atoms in total. The molecule has 1 unspecified atom stereocenters. The summed E-state index contributed by atoms with van der Waals surface area (Å²) in [5, 5.41) is 0. The van der Waals surface area contributed by atoms with E-state index in [0.29, 0.717) is 18.0 Å². The molecule has 0 bridgehead atoms. The fourth-order valence-corrected chi connectivity index (χ4v) is 5.06. The highest BCUT2D eigenvalue weighted by Gasteiger charge is 2.39. The molecule has 1 atom stereocenters. The topological polar surface area (TPSA) is 57.7 Å². The predicted octanol–water partition coefficient (Wildman–Crippen LogP) is 3.99. The number of rotatable bonds is 7. The van der Waals surface area contributed by atoms with E-state index < -0.39 is 0 Å². The molecular weight excluding hydrogens is 395 g/mol. The van der Waals surface area contributed by atoms with Crippen LogP contribution in [-0.2, 0) is 9.59 Å². The SMILES string of the molecule is CC1CCC2=C(C1)C(=O)N(CCCCN1CCC(C(=O)c3ccc(F)cc3)CC1)C2=O. The molecule has 1 aromatic rings. The summed E-state index contributed by atoms with van der Waals surface area (Å²) in [6.07, 6.45) is 5.83. The van der Waals surface area contributed by atoms with Crippen LogP contribution in [-0.4, -0.2) is 53.6 Å². The van der Waals surface area contributed by atoms with Crippen molar-refractivity contribution in [2.75, 3.05) is 26.2 Å². The van der Waals surface area contributed by atoms with Crippen LogP contribution in [0, 0.1) is 17.7 Å². The normalized spacial score (nSPS) is 22.9. The third kappa shape index (κ3) is 4.79. The number of halogens is 1. The molecule has 0 aromatic heterocycles. The van der Waals surface area contributed by atoms with Crippen LogP contribution in [0.15, 0.2) is 35.4 Å². The van der Waals surface area contributed by atoms with Crippen molar-refractivity contribution in [3.8, 4) is 0 Å². The van der Waals surface area contributed by atoms with Gasteiger partial charge in [-0.1, -0.05) is 6.92 Å². The van der Waals surface area contributed by atoms with Crippen molar-refractivity contribution in [2.45, 2.75) is 51.9 Å². The summed E-state index contributed by atoms with van der Waals surface area (Å²) in [5.41, 5.74) is 2.11. The van der Waals surface area contributed by atoms with Gasteiger partial charge in [-0.25, -0.2) is 4.39 Å². The van der Waals surface area contributed by atoms with Crippen LogP contribution in [0.3, 0.4) is 0 Å². The van der Waals surface area contributed by atoms with E-state index in [1.54, 1.807) is 12.1 Å². The van der Waals surface area contributed by atoms with Crippen LogP contribution < -0.4 is 0 Å². The van der Waals surface area contributed by atoms with E-state index in [1.807, 2.05) is 0 Å². The number of imide groups is 1. The Morgan fingerprint density at radius 2 is 1.61 bits per heavy atom. The summed E-state index contributed by atoms with van der Waals surface area (Å²) < 4.78 is 13.1. The summed E-state index contributed by atoms with van der Waals surface area (Å²) in [5.74, 6) is 0.138. The van der Waals surface area contributed by atoms with Crippen LogP contribution in [0.4, 0.5) is 4.39 Å². The third-order valence-electron chi connectivity index (χ3n) is 7.00. The molecule has 2 aliphatic heterocycles. The van der Waals surface area contributed by atoms with Gasteiger partial charge in [0.2, 0.25) is 0 Å². The Morgan fingerprint density at radius 3 is 2.32 bits per heavy atom. The van der Waals surface area contributed by atoms with Gasteiger partial charge < -0.3 is 4.90 Å². The number of ketones is 1. The van der Waals surface area contributed by atoms with Gasteiger partial charge in [-0.15, -0.1) is 0 Å². The van der Waals surface area contributed by atoms with Crippen molar-refractivity contribution in [3.05, 3.63) is 46.8 Å². The number of amides is 2. The van der Waals surface area contributed by atoms with Gasteiger partial charge in [0.05, 0.1) is 0 Å². The number of hydrogen-bond acceptors (Lipinski definition) is 4. The van der Waals surface area contributed by atoms with Crippen molar-refractivity contribution in [1.82, 2.24) is 9.80 Å². The van der Waals surface area contributed by atoms with Gasteiger partial charge in [-0.2, -0.15) is 0 Å². The zero-order chi connectivity index (χ0) is 22.0. The van der Waals surface area contributed by atoms with Crippen LogP contribution in [0.25, 0.3) is 0 Å². The van der Waals surface area contributed by atoms with E-state index in [4.69, 9.17) is 0 Å². The van der Waals surface area contributed by atoms with Crippen molar-refractivity contribution in [2.24, 2.45) is 11.8 Å². The highest BCUT2D eigenvalue weighted by atomic mass is 19.1. The number of Topliss-reactive ketones (excluding diaryl/α,β-unsaturated/α-hetero) is 1. The molecule has 3 aliphatic rings. The van der Waals surface area contributed by atoms with Crippen molar-refractivity contribution in [3.63, 3.8) is 0 Å². The summed E-state index contributed by atoms with van der Waals surface area (Å²) in [4.78, 5) is 41.6. The van der Waals surface area contributed by atoms with Crippen LogP contribution in [0.2, 0.25) is 0 Å². The standard InChI is InChI=1S/C25H31FN2O3/c1-17-4-9-21-22(16-17)25(31)28(24(21)30)13-3-2-12-27-14-10-19(11-15-27)23(29)18-5-7-20(26)8-6-18/h5-8,17,19H,2-4,9-16H2,1H3. The number of benzene rings is 1. The molecule has 1 fully saturated rings. The molecule has 2 amide bonds. The summed E-state index contributed by atoms with van der Waals surface area (Å²) in [6.45, 7) is 5.29.